The van der Waals surface area contributed by atoms with Gasteiger partial charge in [-0.15, -0.1) is 0 Å². The Labute approximate surface area is 99.7 Å². The van der Waals surface area contributed by atoms with Crippen LogP contribution in [-0.4, -0.2) is 25.5 Å². The van der Waals surface area contributed by atoms with E-state index in [-0.39, 0.29) is 11.8 Å². The Morgan fingerprint density at radius 1 is 1.56 bits per heavy atom. The smallest absolute Gasteiger partial charge is 0.179 e. The summed E-state index contributed by atoms with van der Waals surface area (Å²) in [6.07, 6.45) is 1.96. The SMILES string of the molecule is COc1cc(C(=O)C2CCCN2)ccc1Cl. The van der Waals surface area contributed by atoms with E-state index < -0.39 is 0 Å². The molecule has 1 N–H and O–H groups in total. The van der Waals surface area contributed by atoms with Crippen molar-refractivity contribution >= 4 is 17.4 Å². The highest BCUT2D eigenvalue weighted by molar-refractivity contribution is 6.32. The fraction of sp³-hybridized carbons (Fsp3) is 0.417. The Balaban J connectivity index is 2.22. The molecular formula is C12H14ClNO2. The van der Waals surface area contributed by atoms with Crippen LogP contribution in [0.3, 0.4) is 0 Å². The normalized spacial score (nSPS) is 19.8. The summed E-state index contributed by atoms with van der Waals surface area (Å²) >= 11 is 5.91. The van der Waals surface area contributed by atoms with E-state index in [2.05, 4.69) is 5.32 Å². The summed E-state index contributed by atoms with van der Waals surface area (Å²) in [6.45, 7) is 0.918. The van der Waals surface area contributed by atoms with Gasteiger partial charge in [-0.25, -0.2) is 0 Å². The van der Waals surface area contributed by atoms with Crippen molar-refractivity contribution in [2.45, 2.75) is 18.9 Å². The third-order valence-corrected chi connectivity index (χ3v) is 3.12. The molecule has 86 valence electrons. The number of rotatable bonds is 3. The van der Waals surface area contributed by atoms with E-state index in [1.54, 1.807) is 25.3 Å². The summed E-state index contributed by atoms with van der Waals surface area (Å²) in [5.74, 6) is 0.665. The first-order valence-electron chi connectivity index (χ1n) is 5.33. The van der Waals surface area contributed by atoms with Crippen LogP contribution in [0.1, 0.15) is 23.2 Å². The molecule has 1 fully saturated rings. The van der Waals surface area contributed by atoms with Gasteiger partial charge in [0.05, 0.1) is 18.2 Å². The van der Waals surface area contributed by atoms with Crippen molar-refractivity contribution in [2.75, 3.05) is 13.7 Å². The highest BCUT2D eigenvalue weighted by Crippen LogP contribution is 2.26. The molecule has 0 aliphatic carbocycles. The standard InChI is InChI=1S/C12H14ClNO2/c1-16-11-7-8(4-5-9(11)13)12(15)10-3-2-6-14-10/h4-5,7,10,14H,2-3,6H2,1H3. The summed E-state index contributed by atoms with van der Waals surface area (Å²) in [5.41, 5.74) is 0.653. The van der Waals surface area contributed by atoms with Crippen LogP contribution >= 0.6 is 11.6 Å². The predicted molar refractivity (Wildman–Crippen MR) is 63.4 cm³/mol. The van der Waals surface area contributed by atoms with E-state index in [0.717, 1.165) is 19.4 Å². The summed E-state index contributed by atoms with van der Waals surface area (Å²) in [6, 6.07) is 5.09. The number of ketones is 1. The van der Waals surface area contributed by atoms with Gasteiger partial charge in [0.15, 0.2) is 5.78 Å². The van der Waals surface area contributed by atoms with Crippen molar-refractivity contribution in [1.82, 2.24) is 5.32 Å². The molecule has 16 heavy (non-hydrogen) atoms. The Morgan fingerprint density at radius 3 is 3.00 bits per heavy atom. The molecule has 1 aliphatic rings. The second-order valence-electron chi connectivity index (χ2n) is 3.86. The lowest BCUT2D eigenvalue weighted by molar-refractivity contribution is 0.0952. The molecule has 3 nitrogen and oxygen atoms in total. The van der Waals surface area contributed by atoms with Crippen LogP contribution in [0.25, 0.3) is 0 Å². The molecule has 1 aliphatic heterocycles. The van der Waals surface area contributed by atoms with Crippen LogP contribution in [-0.2, 0) is 0 Å². The van der Waals surface area contributed by atoms with E-state index in [1.807, 2.05) is 0 Å². The number of nitrogens with one attached hydrogen (secondary N) is 1. The minimum absolute atomic E-state index is 0.0501. The molecule has 1 saturated heterocycles. The van der Waals surface area contributed by atoms with Crippen LogP contribution in [0, 0.1) is 0 Å². The summed E-state index contributed by atoms with van der Waals surface area (Å²) < 4.78 is 5.09. The molecule has 1 heterocycles. The van der Waals surface area contributed by atoms with E-state index in [0.29, 0.717) is 16.3 Å². The van der Waals surface area contributed by atoms with Gasteiger partial charge in [0, 0.05) is 5.56 Å². The van der Waals surface area contributed by atoms with Gasteiger partial charge in [0.2, 0.25) is 0 Å². The molecule has 4 heteroatoms. The fourth-order valence-corrected chi connectivity index (χ4v) is 2.12. The topological polar surface area (TPSA) is 38.3 Å². The highest BCUT2D eigenvalue weighted by atomic mass is 35.5. The Morgan fingerprint density at radius 2 is 2.38 bits per heavy atom. The number of carbonyl (C=O) groups excluding carboxylic acids is 1. The molecule has 1 aromatic carbocycles. The number of benzene rings is 1. The molecule has 2 rings (SSSR count). The second kappa shape index (κ2) is 4.85. The van der Waals surface area contributed by atoms with E-state index >= 15 is 0 Å². The number of halogens is 1. The molecule has 0 radical (unpaired) electrons. The van der Waals surface area contributed by atoms with E-state index in [9.17, 15) is 4.79 Å². The Bertz CT molecular complexity index is 400. The predicted octanol–water partition coefficient (Wildman–Crippen LogP) is 2.28. The lowest BCUT2D eigenvalue weighted by Gasteiger charge is -2.10. The summed E-state index contributed by atoms with van der Waals surface area (Å²) in [7, 11) is 1.54. The van der Waals surface area contributed by atoms with Gasteiger partial charge in [0.25, 0.3) is 0 Å². The number of Topliss-reactive ketones (excluding diaryl/α,β-unsaturated/α-hetero) is 1. The van der Waals surface area contributed by atoms with Crippen LogP contribution in [0.4, 0.5) is 0 Å². The largest absolute Gasteiger partial charge is 0.495 e. The maximum atomic E-state index is 12.1. The highest BCUT2D eigenvalue weighted by Gasteiger charge is 2.23. The lowest BCUT2D eigenvalue weighted by Crippen LogP contribution is -2.30. The van der Waals surface area contributed by atoms with Gasteiger partial charge in [-0.1, -0.05) is 11.6 Å². The van der Waals surface area contributed by atoms with Crippen molar-refractivity contribution in [1.29, 1.82) is 0 Å². The van der Waals surface area contributed by atoms with Crippen molar-refractivity contribution in [3.63, 3.8) is 0 Å². The number of hydrogen-bond acceptors (Lipinski definition) is 3. The van der Waals surface area contributed by atoms with E-state index in [1.165, 1.54) is 0 Å². The average Bonchev–Trinajstić information content (AvgIpc) is 2.82. The molecule has 0 saturated carbocycles. The first-order chi connectivity index (χ1) is 7.72. The van der Waals surface area contributed by atoms with Gasteiger partial charge < -0.3 is 10.1 Å². The molecular weight excluding hydrogens is 226 g/mol. The van der Waals surface area contributed by atoms with Gasteiger partial charge in [-0.3, -0.25) is 4.79 Å². The number of methoxy groups -OCH3 is 1. The van der Waals surface area contributed by atoms with Crippen LogP contribution in [0.5, 0.6) is 5.75 Å². The monoisotopic (exact) mass is 239 g/mol. The van der Waals surface area contributed by atoms with Crippen molar-refractivity contribution in [3.05, 3.63) is 28.8 Å². The average molecular weight is 240 g/mol. The van der Waals surface area contributed by atoms with Crippen LogP contribution in [0.15, 0.2) is 18.2 Å². The maximum absolute atomic E-state index is 12.1. The van der Waals surface area contributed by atoms with Crippen molar-refractivity contribution in [2.24, 2.45) is 0 Å². The summed E-state index contributed by atoms with van der Waals surface area (Å²) in [4.78, 5) is 12.1. The van der Waals surface area contributed by atoms with Crippen LogP contribution in [0.2, 0.25) is 5.02 Å². The zero-order valence-corrected chi connectivity index (χ0v) is 9.88. The van der Waals surface area contributed by atoms with Gasteiger partial charge in [-0.2, -0.15) is 0 Å². The zero-order valence-electron chi connectivity index (χ0n) is 9.13. The van der Waals surface area contributed by atoms with Gasteiger partial charge in [-0.05, 0) is 37.6 Å². The molecule has 1 atom stereocenters. The van der Waals surface area contributed by atoms with Crippen LogP contribution < -0.4 is 10.1 Å². The zero-order chi connectivity index (χ0) is 11.5. The molecule has 1 aromatic rings. The third-order valence-electron chi connectivity index (χ3n) is 2.81. The fourth-order valence-electron chi connectivity index (χ4n) is 1.92. The summed E-state index contributed by atoms with van der Waals surface area (Å²) in [5, 5.41) is 3.71. The Hall–Kier alpha value is -1.06. The molecule has 0 bridgehead atoms. The van der Waals surface area contributed by atoms with Gasteiger partial charge >= 0.3 is 0 Å². The lowest BCUT2D eigenvalue weighted by atomic mass is 10.0. The second-order valence-corrected chi connectivity index (χ2v) is 4.27. The quantitative estimate of drug-likeness (QED) is 0.823. The molecule has 1 unspecified atom stereocenters. The van der Waals surface area contributed by atoms with Crippen molar-refractivity contribution in [3.8, 4) is 5.75 Å². The minimum Gasteiger partial charge on any atom is -0.495 e. The minimum atomic E-state index is -0.0501. The number of hydrogen-bond donors (Lipinski definition) is 1. The Kier molecular flexibility index (Phi) is 3.46. The number of ether oxygens (including phenoxy) is 1. The first kappa shape index (κ1) is 11.4. The maximum Gasteiger partial charge on any atom is 0.179 e. The molecule has 0 spiro atoms. The van der Waals surface area contributed by atoms with Gasteiger partial charge in [0.1, 0.15) is 5.75 Å². The number of carbonyl (C=O) groups is 1. The van der Waals surface area contributed by atoms with Crippen molar-refractivity contribution < 1.29 is 9.53 Å². The van der Waals surface area contributed by atoms with E-state index in [4.69, 9.17) is 16.3 Å². The third kappa shape index (κ3) is 2.20. The molecule has 0 amide bonds. The molecule has 0 aromatic heterocycles. The first-order valence-corrected chi connectivity index (χ1v) is 5.71.